The highest BCUT2D eigenvalue weighted by molar-refractivity contribution is 6.07. The number of benzene rings is 3. The van der Waals surface area contributed by atoms with E-state index in [1.165, 1.54) is 14.2 Å². The Balaban J connectivity index is 0.907. The van der Waals surface area contributed by atoms with Crippen molar-refractivity contribution >= 4 is 45.8 Å². The van der Waals surface area contributed by atoms with Crippen LogP contribution in [0.1, 0.15) is 101 Å². The highest BCUT2D eigenvalue weighted by atomic mass is 16.5. The molecule has 4 fully saturated rings. The Kier molecular flexibility index (Phi) is 11.4. The standard InChI is InChI=1S/C49H58N8O8/c1-25(2)41(54-48(60)62-4)46(58)56-26(3)9-14-38(56)45-51-35-13-11-28-20-34-32-12-10-29(19-31(32)24-65-40(34)22-33(28)43(35)53-45)36-23-50-44(52-36)39-21-30-7-6-8-37(30)57(39)47(59)42(55-49(61)63-5)27-15-17-64-18-16-27/h10-13,19-20,22-23,25-27,30,37-39,41-42H,6-9,14-18,21,24H2,1-5H3,(H,50,52)(H,51,53)(H,54,60)(H,55,61). The summed E-state index contributed by atoms with van der Waals surface area (Å²) in [6, 6.07) is 12.9. The van der Waals surface area contributed by atoms with E-state index in [0.717, 1.165) is 99.9 Å². The number of fused-ring (bicyclic) bond motifs is 7. The van der Waals surface area contributed by atoms with Crippen LogP contribution in [0.15, 0.2) is 48.7 Å². The first-order valence-corrected chi connectivity index (χ1v) is 23.2. The van der Waals surface area contributed by atoms with Crippen molar-refractivity contribution in [2.45, 2.75) is 115 Å². The van der Waals surface area contributed by atoms with Crippen LogP contribution in [0.2, 0.25) is 0 Å². The van der Waals surface area contributed by atoms with Gasteiger partial charge < -0.3 is 49.3 Å². The van der Waals surface area contributed by atoms with Crippen molar-refractivity contribution in [3.63, 3.8) is 0 Å². The molecule has 6 heterocycles. The molecule has 342 valence electrons. The number of H-pyrrole nitrogens is 2. The normalized spacial score (nSPS) is 23.8. The lowest BCUT2D eigenvalue weighted by atomic mass is 9.90. The third kappa shape index (κ3) is 7.72. The second-order valence-electron chi connectivity index (χ2n) is 18.9. The molecule has 5 aliphatic rings. The largest absolute Gasteiger partial charge is 0.488 e. The molecular weight excluding hydrogens is 829 g/mol. The fourth-order valence-electron chi connectivity index (χ4n) is 11.4. The molecule has 0 bridgehead atoms. The van der Waals surface area contributed by atoms with Gasteiger partial charge in [-0.15, -0.1) is 0 Å². The van der Waals surface area contributed by atoms with E-state index in [1.807, 2.05) is 42.8 Å². The highest BCUT2D eigenvalue weighted by Gasteiger charge is 2.50. The van der Waals surface area contributed by atoms with Crippen LogP contribution in [0, 0.1) is 17.8 Å². The molecular formula is C49H58N8O8. The number of hydrogen-bond donors (Lipinski definition) is 4. The molecule has 16 nitrogen and oxygen atoms in total. The molecule has 16 heteroatoms. The number of hydrogen-bond acceptors (Lipinski definition) is 10. The summed E-state index contributed by atoms with van der Waals surface area (Å²) in [5.74, 6) is 2.23. The molecule has 4 amide bonds. The summed E-state index contributed by atoms with van der Waals surface area (Å²) in [5.41, 5.74) is 6.65. The number of amides is 4. The number of alkyl carbamates (subject to hydrolysis) is 2. The van der Waals surface area contributed by atoms with E-state index in [2.05, 4.69) is 57.0 Å². The molecule has 3 saturated heterocycles. The van der Waals surface area contributed by atoms with Crippen LogP contribution in [0.5, 0.6) is 5.75 Å². The van der Waals surface area contributed by atoms with Crippen molar-refractivity contribution in [2.75, 3.05) is 27.4 Å². The predicted octanol–water partition coefficient (Wildman–Crippen LogP) is 7.69. The summed E-state index contributed by atoms with van der Waals surface area (Å²) < 4.78 is 21.9. The smallest absolute Gasteiger partial charge is 0.407 e. The molecule has 7 atom stereocenters. The average Bonchev–Trinajstić information content (AvgIpc) is 4.18. The number of rotatable bonds is 9. The van der Waals surface area contributed by atoms with Crippen LogP contribution in [0.25, 0.3) is 44.2 Å². The lowest BCUT2D eigenvalue weighted by molar-refractivity contribution is -0.139. The minimum absolute atomic E-state index is 0.0268. The van der Waals surface area contributed by atoms with Gasteiger partial charge in [0, 0.05) is 36.2 Å². The molecule has 3 aromatic carbocycles. The number of carbonyl (C=O) groups is 4. The monoisotopic (exact) mass is 886 g/mol. The average molecular weight is 887 g/mol. The molecule has 4 N–H and O–H groups in total. The zero-order valence-corrected chi connectivity index (χ0v) is 37.6. The Morgan fingerprint density at radius 1 is 0.831 bits per heavy atom. The number of nitrogens with zero attached hydrogens (tertiary/aromatic N) is 4. The van der Waals surface area contributed by atoms with E-state index >= 15 is 0 Å². The summed E-state index contributed by atoms with van der Waals surface area (Å²) >= 11 is 0. The first-order chi connectivity index (χ1) is 31.5. The quantitative estimate of drug-likeness (QED) is 0.114. The molecule has 7 unspecified atom stereocenters. The summed E-state index contributed by atoms with van der Waals surface area (Å²) in [4.78, 5) is 74.4. The maximum Gasteiger partial charge on any atom is 0.407 e. The van der Waals surface area contributed by atoms with Gasteiger partial charge in [0.1, 0.15) is 36.1 Å². The highest BCUT2D eigenvalue weighted by Crippen LogP contribution is 2.49. The number of carbonyl (C=O) groups excluding carboxylic acids is 4. The molecule has 1 saturated carbocycles. The third-order valence-corrected chi connectivity index (χ3v) is 14.8. The van der Waals surface area contributed by atoms with Crippen LogP contribution in [-0.4, -0.2) is 105 Å². The second kappa shape index (κ2) is 17.3. The van der Waals surface area contributed by atoms with E-state index in [1.54, 1.807) is 0 Å². The lowest BCUT2D eigenvalue weighted by Gasteiger charge is -2.36. The number of nitrogens with one attached hydrogen (secondary N) is 4. The van der Waals surface area contributed by atoms with Crippen LogP contribution in [-0.2, 0) is 30.4 Å². The first kappa shape index (κ1) is 42.8. The first-order valence-electron chi connectivity index (χ1n) is 23.2. The summed E-state index contributed by atoms with van der Waals surface area (Å²) in [5, 5.41) is 7.61. The zero-order valence-electron chi connectivity index (χ0n) is 37.6. The molecule has 65 heavy (non-hydrogen) atoms. The minimum atomic E-state index is -0.727. The fourth-order valence-corrected chi connectivity index (χ4v) is 11.4. The Morgan fingerprint density at radius 2 is 1.63 bits per heavy atom. The van der Waals surface area contributed by atoms with E-state index < -0.39 is 24.3 Å². The van der Waals surface area contributed by atoms with Crippen LogP contribution >= 0.6 is 0 Å². The van der Waals surface area contributed by atoms with Gasteiger partial charge in [0.2, 0.25) is 11.8 Å². The van der Waals surface area contributed by atoms with Crippen molar-refractivity contribution in [3.05, 3.63) is 65.9 Å². The van der Waals surface area contributed by atoms with Crippen molar-refractivity contribution in [1.29, 1.82) is 0 Å². The molecule has 4 aliphatic heterocycles. The van der Waals surface area contributed by atoms with Gasteiger partial charge in [-0.1, -0.05) is 38.5 Å². The van der Waals surface area contributed by atoms with E-state index in [-0.39, 0.29) is 47.8 Å². The maximum absolute atomic E-state index is 14.6. The summed E-state index contributed by atoms with van der Waals surface area (Å²) in [6.07, 6.45) is 7.48. The predicted molar refractivity (Wildman–Crippen MR) is 242 cm³/mol. The maximum atomic E-state index is 14.6. The topological polar surface area (TPSA) is 193 Å². The Labute approximate surface area is 377 Å². The summed E-state index contributed by atoms with van der Waals surface area (Å²) in [7, 11) is 2.62. The minimum Gasteiger partial charge on any atom is -0.488 e. The van der Waals surface area contributed by atoms with Gasteiger partial charge in [0.15, 0.2) is 0 Å². The van der Waals surface area contributed by atoms with Gasteiger partial charge in [-0.25, -0.2) is 19.6 Å². The third-order valence-electron chi connectivity index (χ3n) is 14.8. The van der Waals surface area contributed by atoms with Crippen LogP contribution in [0.4, 0.5) is 9.59 Å². The van der Waals surface area contributed by atoms with Crippen molar-refractivity contribution in [1.82, 2.24) is 40.4 Å². The van der Waals surface area contributed by atoms with Crippen molar-refractivity contribution in [3.8, 4) is 28.1 Å². The van der Waals surface area contributed by atoms with Gasteiger partial charge in [-0.05, 0) is 116 Å². The molecule has 0 spiro atoms. The van der Waals surface area contributed by atoms with E-state index in [4.69, 9.17) is 28.9 Å². The summed E-state index contributed by atoms with van der Waals surface area (Å²) in [6.45, 7) is 7.36. The molecule has 2 aromatic heterocycles. The van der Waals surface area contributed by atoms with Crippen molar-refractivity contribution in [2.24, 2.45) is 17.8 Å². The Bertz CT molecular complexity index is 2650. The Hall–Kier alpha value is -6.16. The van der Waals surface area contributed by atoms with Crippen molar-refractivity contribution < 1.29 is 38.1 Å². The van der Waals surface area contributed by atoms with Gasteiger partial charge in [-0.2, -0.15) is 0 Å². The number of aromatic amines is 2. The second-order valence-corrected chi connectivity index (χ2v) is 18.9. The molecule has 0 radical (unpaired) electrons. The Morgan fingerprint density at radius 3 is 2.42 bits per heavy atom. The van der Waals surface area contributed by atoms with E-state index in [0.29, 0.717) is 44.4 Å². The van der Waals surface area contributed by atoms with Gasteiger partial charge >= 0.3 is 12.2 Å². The van der Waals surface area contributed by atoms with Crippen LogP contribution < -0.4 is 15.4 Å². The number of likely N-dealkylation sites (tertiary alicyclic amines) is 2. The SMILES string of the molecule is COC(=O)NC(C(=O)N1C(C)CCC1c1nc2c(ccc3cc4c(cc32)OCc2cc(-c3cnc(C5CC6CCCC6N5C(=O)C(NC(=O)OC)C5CCOCC5)[nH]3)ccc2-4)[nH]1)C(C)C. The molecule has 5 aromatic rings. The van der Waals surface area contributed by atoms with Gasteiger partial charge in [0.05, 0.1) is 49.2 Å². The van der Waals surface area contributed by atoms with E-state index in [9.17, 15) is 19.2 Å². The molecule has 10 rings (SSSR count). The lowest BCUT2D eigenvalue weighted by Crippen LogP contribution is -2.55. The van der Waals surface area contributed by atoms with Gasteiger partial charge in [0.25, 0.3) is 0 Å². The molecule has 1 aliphatic carbocycles. The zero-order chi connectivity index (χ0) is 45.1. The number of ether oxygens (including phenoxy) is 4. The fraction of sp³-hybridized carbons (Fsp3) is 0.510. The van der Waals surface area contributed by atoms with Crippen LogP contribution in [0.3, 0.4) is 0 Å². The number of aromatic nitrogens is 4. The number of imidazole rings is 2. The van der Waals surface area contributed by atoms with Gasteiger partial charge in [-0.3, -0.25) is 9.59 Å². The number of methoxy groups -OCH3 is 2.